The first-order valence-corrected chi connectivity index (χ1v) is 13.6. The Morgan fingerprint density at radius 3 is 2.69 bits per heavy atom. The van der Waals surface area contributed by atoms with E-state index in [0.717, 1.165) is 23.3 Å². The highest BCUT2D eigenvalue weighted by molar-refractivity contribution is 7.22. The van der Waals surface area contributed by atoms with Gasteiger partial charge in [-0.2, -0.15) is 5.10 Å². The Labute approximate surface area is 229 Å². The summed E-state index contributed by atoms with van der Waals surface area (Å²) in [6.45, 7) is 6.60. The molecule has 1 atom stereocenters. The fourth-order valence-corrected chi connectivity index (χ4v) is 6.02. The Hall–Kier alpha value is -3.54. The fraction of sp³-hybridized carbons (Fsp3) is 0.429. The van der Waals surface area contributed by atoms with Gasteiger partial charge in [-0.1, -0.05) is 18.2 Å². The van der Waals surface area contributed by atoms with Crippen LogP contribution in [-0.2, 0) is 26.2 Å². The van der Waals surface area contributed by atoms with Crippen molar-refractivity contribution < 1.29 is 23.4 Å². The van der Waals surface area contributed by atoms with Gasteiger partial charge in [0.1, 0.15) is 28.6 Å². The molecule has 1 aliphatic rings. The average molecular weight is 553 g/mol. The number of hydrogen-bond donors (Lipinski definition) is 1. The van der Waals surface area contributed by atoms with Gasteiger partial charge in [-0.3, -0.25) is 14.3 Å². The second-order valence-corrected chi connectivity index (χ2v) is 11.1. The first-order valence-electron chi connectivity index (χ1n) is 12.8. The molecular weight excluding hydrogens is 520 g/mol. The number of carbonyl (C=O) groups excluding carboxylic acids is 1. The van der Waals surface area contributed by atoms with Crippen molar-refractivity contribution in [2.75, 3.05) is 20.3 Å². The topological polar surface area (TPSA) is 132 Å². The number of oxazole rings is 1. The summed E-state index contributed by atoms with van der Waals surface area (Å²) in [5.74, 6) is 0.459. The second-order valence-electron chi connectivity index (χ2n) is 10.1. The smallest absolute Gasteiger partial charge is 0.236 e. The quantitative estimate of drug-likeness (QED) is 0.328. The zero-order chi connectivity index (χ0) is 27.7. The Morgan fingerprint density at radius 1 is 1.28 bits per heavy atom. The van der Waals surface area contributed by atoms with E-state index in [1.165, 1.54) is 17.6 Å². The maximum atomic E-state index is 13.8. The molecule has 1 aromatic carbocycles. The number of rotatable bonds is 9. The molecule has 4 heterocycles. The summed E-state index contributed by atoms with van der Waals surface area (Å²) in [6.07, 6.45) is 4.11. The van der Waals surface area contributed by atoms with E-state index in [-0.39, 0.29) is 23.8 Å². The summed E-state index contributed by atoms with van der Waals surface area (Å²) in [7, 11) is 1.62. The molecule has 0 bridgehead atoms. The molecule has 0 saturated carbocycles. The lowest BCUT2D eigenvalue weighted by atomic mass is 9.87. The van der Waals surface area contributed by atoms with Gasteiger partial charge in [0, 0.05) is 18.8 Å². The van der Waals surface area contributed by atoms with E-state index in [1.54, 1.807) is 31.8 Å². The molecule has 39 heavy (non-hydrogen) atoms. The number of fused-ring (bicyclic) bond motifs is 1. The van der Waals surface area contributed by atoms with Crippen LogP contribution in [0.3, 0.4) is 0 Å². The van der Waals surface area contributed by atoms with Crippen LogP contribution in [0.15, 0.2) is 45.9 Å². The third kappa shape index (κ3) is 5.09. The summed E-state index contributed by atoms with van der Waals surface area (Å²) >= 11 is 1.36. The molecule has 0 unspecified atom stereocenters. The predicted octanol–water partition coefficient (Wildman–Crippen LogP) is 4.13. The zero-order valence-corrected chi connectivity index (χ0v) is 23.2. The van der Waals surface area contributed by atoms with E-state index in [4.69, 9.17) is 29.5 Å². The lowest BCUT2D eigenvalue weighted by molar-refractivity contribution is -0.122. The monoisotopic (exact) mass is 552 g/mol. The minimum Gasteiger partial charge on any atom is -0.496 e. The van der Waals surface area contributed by atoms with Crippen molar-refractivity contribution >= 4 is 27.5 Å². The van der Waals surface area contributed by atoms with Crippen LogP contribution in [-0.4, -0.2) is 47.1 Å². The molecule has 10 nitrogen and oxygen atoms in total. The van der Waals surface area contributed by atoms with Crippen molar-refractivity contribution in [2.45, 2.75) is 57.8 Å². The van der Waals surface area contributed by atoms with Crippen molar-refractivity contribution in [1.82, 2.24) is 14.8 Å². The molecule has 0 radical (unpaired) electrons. The van der Waals surface area contributed by atoms with Crippen molar-refractivity contribution in [3.05, 3.63) is 63.8 Å². The number of para-hydroxylation sites is 1. The highest BCUT2D eigenvalue weighted by atomic mass is 32.1. The van der Waals surface area contributed by atoms with Crippen LogP contribution in [0.4, 0.5) is 0 Å². The van der Waals surface area contributed by atoms with Crippen LogP contribution < -0.4 is 15.9 Å². The second kappa shape index (κ2) is 10.9. The summed E-state index contributed by atoms with van der Waals surface area (Å²) in [4.78, 5) is 31.9. The average Bonchev–Trinajstić information content (AvgIpc) is 3.58. The summed E-state index contributed by atoms with van der Waals surface area (Å²) < 4.78 is 25.2. The Bertz CT molecular complexity index is 1540. The largest absolute Gasteiger partial charge is 0.496 e. The molecule has 1 fully saturated rings. The Kier molecular flexibility index (Phi) is 7.57. The first kappa shape index (κ1) is 27.0. The van der Waals surface area contributed by atoms with E-state index < -0.39 is 17.4 Å². The molecule has 3 aromatic heterocycles. The van der Waals surface area contributed by atoms with Gasteiger partial charge in [0.15, 0.2) is 0 Å². The minimum absolute atomic E-state index is 0.0157. The van der Waals surface area contributed by atoms with Crippen LogP contribution in [0.5, 0.6) is 5.75 Å². The van der Waals surface area contributed by atoms with E-state index in [1.807, 2.05) is 31.2 Å². The third-order valence-electron chi connectivity index (χ3n) is 7.21. The lowest BCUT2D eigenvalue weighted by Gasteiger charge is -2.29. The van der Waals surface area contributed by atoms with E-state index in [9.17, 15) is 9.59 Å². The number of primary amides is 1. The number of aryl methyl sites for hydroxylation is 1. The van der Waals surface area contributed by atoms with Crippen LogP contribution in [0.2, 0.25) is 0 Å². The summed E-state index contributed by atoms with van der Waals surface area (Å²) in [5.41, 5.74) is 5.74. The zero-order valence-electron chi connectivity index (χ0n) is 22.4. The number of benzene rings is 1. The van der Waals surface area contributed by atoms with E-state index >= 15 is 0 Å². The molecule has 4 aromatic rings. The van der Waals surface area contributed by atoms with Crippen LogP contribution in [0, 0.1) is 6.92 Å². The number of ether oxygens (including phenoxy) is 3. The number of methoxy groups -OCH3 is 1. The van der Waals surface area contributed by atoms with Crippen LogP contribution >= 0.6 is 11.3 Å². The molecule has 0 spiro atoms. The van der Waals surface area contributed by atoms with Gasteiger partial charge >= 0.3 is 0 Å². The molecule has 5 rings (SSSR count). The van der Waals surface area contributed by atoms with Gasteiger partial charge < -0.3 is 24.4 Å². The number of carbonyl (C=O) groups is 1. The van der Waals surface area contributed by atoms with E-state index in [0.29, 0.717) is 40.6 Å². The van der Waals surface area contributed by atoms with Crippen LogP contribution in [0.25, 0.3) is 21.0 Å². The molecule has 11 heteroatoms. The van der Waals surface area contributed by atoms with Crippen molar-refractivity contribution in [3.8, 4) is 16.5 Å². The third-order valence-corrected chi connectivity index (χ3v) is 8.50. The molecule has 0 aliphatic carbocycles. The molecule has 2 N–H and O–H groups in total. The number of hydrogen-bond acceptors (Lipinski definition) is 9. The van der Waals surface area contributed by atoms with Gasteiger partial charge in [-0.15, -0.1) is 11.3 Å². The van der Waals surface area contributed by atoms with Crippen molar-refractivity contribution in [2.24, 2.45) is 5.73 Å². The Balaban J connectivity index is 1.70. The Morgan fingerprint density at radius 2 is 2.03 bits per heavy atom. The van der Waals surface area contributed by atoms with E-state index in [2.05, 4.69) is 4.98 Å². The SMILES string of the molecule is COc1ccccc1[C@H](Cn1nc(C(C)(C)C(N)=O)c(=O)c2c(C)c(-c3ncco3)sc21)OC1CCOCC1. The maximum absolute atomic E-state index is 13.8. The molecule has 1 aliphatic heterocycles. The van der Waals surface area contributed by atoms with Gasteiger partial charge in [0.05, 0.1) is 41.6 Å². The van der Waals surface area contributed by atoms with Gasteiger partial charge in [0.25, 0.3) is 0 Å². The van der Waals surface area contributed by atoms with Crippen molar-refractivity contribution in [3.63, 3.8) is 0 Å². The standard InChI is InChI=1S/C28H32N4O6S/c1-16-21-22(33)24(28(2,3)27(29)34)31-32(26(21)39-23(16)25-30-11-14-37-25)15-20(38-17-9-12-36-13-10-17)18-7-5-6-8-19(18)35-4/h5-8,11,14,17,20H,9-10,12-13,15H2,1-4H3,(H2,29,34)/t20-/m0/s1. The predicted molar refractivity (Wildman–Crippen MR) is 147 cm³/mol. The number of thiophene rings is 1. The van der Waals surface area contributed by atoms with Gasteiger partial charge in [-0.05, 0) is 45.2 Å². The number of nitrogens with zero attached hydrogens (tertiary/aromatic N) is 3. The molecule has 206 valence electrons. The first-order chi connectivity index (χ1) is 18.7. The lowest BCUT2D eigenvalue weighted by Crippen LogP contribution is -2.41. The number of aromatic nitrogens is 3. The van der Waals surface area contributed by atoms with Gasteiger partial charge in [-0.25, -0.2) is 4.98 Å². The molecule has 1 saturated heterocycles. The number of amides is 1. The summed E-state index contributed by atoms with van der Waals surface area (Å²) in [6, 6.07) is 7.70. The van der Waals surface area contributed by atoms with Gasteiger partial charge in [0.2, 0.25) is 17.2 Å². The summed E-state index contributed by atoms with van der Waals surface area (Å²) in [5, 5.41) is 5.22. The molecule has 1 amide bonds. The highest BCUT2D eigenvalue weighted by Gasteiger charge is 2.35. The van der Waals surface area contributed by atoms with Crippen molar-refractivity contribution in [1.29, 1.82) is 0 Å². The fourth-order valence-electron chi connectivity index (χ4n) is 4.81. The normalized spacial score (nSPS) is 15.5. The molecular formula is C28H32N4O6S. The maximum Gasteiger partial charge on any atom is 0.236 e. The number of nitrogens with two attached hydrogens (primary N) is 1. The minimum atomic E-state index is -1.30. The van der Waals surface area contributed by atoms with Crippen LogP contribution in [0.1, 0.15) is 49.6 Å². The highest BCUT2D eigenvalue weighted by Crippen LogP contribution is 2.38.